The third-order valence-corrected chi connectivity index (χ3v) is 1.50. The van der Waals surface area contributed by atoms with Crippen LogP contribution in [0.4, 0.5) is 0 Å². The van der Waals surface area contributed by atoms with Crippen molar-refractivity contribution in [1.29, 1.82) is 0 Å². The molecule has 0 saturated carbocycles. The van der Waals surface area contributed by atoms with E-state index in [1.165, 1.54) is 0 Å². The fraction of sp³-hybridized carbons (Fsp3) is 0.778. The molecular formula is C9H18O6. The van der Waals surface area contributed by atoms with E-state index in [2.05, 4.69) is 0 Å². The lowest BCUT2D eigenvalue weighted by Crippen LogP contribution is -2.32. The van der Waals surface area contributed by atoms with Crippen molar-refractivity contribution in [2.24, 2.45) is 0 Å². The Morgan fingerprint density at radius 2 is 1.60 bits per heavy atom. The van der Waals surface area contributed by atoms with Crippen molar-refractivity contribution < 1.29 is 30.0 Å². The molecule has 0 saturated heterocycles. The highest BCUT2D eigenvalue weighted by Gasteiger charge is 2.20. The van der Waals surface area contributed by atoms with E-state index in [0.29, 0.717) is 6.42 Å². The number of aliphatic carboxylic acids is 2. The van der Waals surface area contributed by atoms with Crippen molar-refractivity contribution >= 4 is 11.9 Å². The lowest BCUT2D eigenvalue weighted by molar-refractivity contribution is -0.152. The first kappa shape index (κ1) is 16.3. The molecule has 0 aliphatic heterocycles. The maximum Gasteiger partial charge on any atom is 0.335 e. The molecule has 0 radical (unpaired) electrons. The van der Waals surface area contributed by atoms with Gasteiger partial charge in [-0.05, 0) is 12.8 Å². The molecule has 0 heterocycles. The largest absolute Gasteiger partial charge is 0.481 e. The number of carboxylic acids is 2. The number of carbonyl (C=O) groups is 2. The van der Waals surface area contributed by atoms with Crippen LogP contribution in [0.3, 0.4) is 0 Å². The monoisotopic (exact) mass is 222 g/mol. The fourth-order valence-electron chi connectivity index (χ4n) is 0.602. The molecule has 0 aliphatic carbocycles. The first-order valence-corrected chi connectivity index (χ1v) is 4.67. The van der Waals surface area contributed by atoms with Gasteiger partial charge < -0.3 is 20.4 Å². The van der Waals surface area contributed by atoms with Crippen LogP contribution in [-0.4, -0.2) is 44.6 Å². The Morgan fingerprint density at radius 1 is 1.13 bits per heavy atom. The quantitative estimate of drug-likeness (QED) is 0.523. The zero-order valence-corrected chi connectivity index (χ0v) is 8.88. The van der Waals surface area contributed by atoms with E-state index in [1.807, 2.05) is 6.92 Å². The summed E-state index contributed by atoms with van der Waals surface area (Å²) in [7, 11) is 0. The van der Waals surface area contributed by atoms with Gasteiger partial charge in [-0.1, -0.05) is 13.8 Å². The molecule has 0 bridgehead atoms. The van der Waals surface area contributed by atoms with Gasteiger partial charge in [0.1, 0.15) is 0 Å². The smallest absolute Gasteiger partial charge is 0.335 e. The van der Waals surface area contributed by atoms with Crippen LogP contribution in [0.15, 0.2) is 0 Å². The first-order valence-electron chi connectivity index (χ1n) is 4.67. The van der Waals surface area contributed by atoms with Gasteiger partial charge in [0.05, 0.1) is 6.10 Å². The minimum absolute atomic E-state index is 0.244. The molecule has 0 amide bonds. The Morgan fingerprint density at radius 3 is 1.67 bits per heavy atom. The van der Waals surface area contributed by atoms with E-state index in [1.54, 1.807) is 6.92 Å². The molecule has 6 nitrogen and oxygen atoms in total. The van der Waals surface area contributed by atoms with Crippen LogP contribution >= 0.6 is 0 Å². The van der Waals surface area contributed by atoms with Gasteiger partial charge in [0, 0.05) is 6.42 Å². The predicted octanol–water partition coefficient (Wildman–Crippen LogP) is 0.0739. The Bertz CT molecular complexity index is 191. The van der Waals surface area contributed by atoms with E-state index >= 15 is 0 Å². The molecular weight excluding hydrogens is 204 g/mol. The number of hydrogen-bond donors (Lipinski definition) is 4. The molecule has 4 N–H and O–H groups in total. The predicted molar refractivity (Wildman–Crippen MR) is 52.5 cm³/mol. The average molecular weight is 222 g/mol. The Kier molecular flexibility index (Phi) is 10.2. The van der Waals surface area contributed by atoms with Crippen molar-refractivity contribution in [1.82, 2.24) is 0 Å². The summed E-state index contributed by atoms with van der Waals surface area (Å²) >= 11 is 0. The topological polar surface area (TPSA) is 115 Å². The number of aliphatic hydroxyl groups is 2. The van der Waals surface area contributed by atoms with Crippen LogP contribution in [0.1, 0.15) is 33.1 Å². The molecule has 2 unspecified atom stereocenters. The maximum absolute atomic E-state index is 9.89. The van der Waals surface area contributed by atoms with Crippen molar-refractivity contribution in [3.8, 4) is 0 Å². The molecule has 0 aromatic carbocycles. The summed E-state index contributed by atoms with van der Waals surface area (Å²) < 4.78 is 0. The molecule has 0 aliphatic rings. The zero-order chi connectivity index (χ0) is 12.4. The molecule has 0 spiro atoms. The lowest BCUT2D eigenvalue weighted by Gasteiger charge is -2.09. The second-order valence-electron chi connectivity index (χ2n) is 2.90. The molecule has 0 aromatic rings. The summed E-state index contributed by atoms with van der Waals surface area (Å²) in [5.41, 5.74) is 0. The SMILES string of the molecule is CCC(O)C(O)C(=O)O.CCCC(=O)O. The number of rotatable bonds is 5. The van der Waals surface area contributed by atoms with Crippen LogP contribution in [-0.2, 0) is 9.59 Å². The van der Waals surface area contributed by atoms with Gasteiger partial charge in [0.25, 0.3) is 0 Å². The second kappa shape index (κ2) is 9.42. The average Bonchev–Trinajstić information content (AvgIpc) is 2.16. The zero-order valence-electron chi connectivity index (χ0n) is 8.88. The second-order valence-corrected chi connectivity index (χ2v) is 2.90. The van der Waals surface area contributed by atoms with E-state index < -0.39 is 24.1 Å². The molecule has 15 heavy (non-hydrogen) atoms. The maximum atomic E-state index is 9.89. The van der Waals surface area contributed by atoms with Gasteiger partial charge in [-0.25, -0.2) is 4.79 Å². The summed E-state index contributed by atoms with van der Waals surface area (Å²) in [6.45, 7) is 3.44. The number of carboxylic acid groups (broad SMARTS) is 2. The summed E-state index contributed by atoms with van der Waals surface area (Å²) in [5, 5.41) is 33.2. The summed E-state index contributed by atoms with van der Waals surface area (Å²) in [5.74, 6) is -2.10. The molecule has 0 fully saturated rings. The van der Waals surface area contributed by atoms with Crippen LogP contribution in [0.5, 0.6) is 0 Å². The summed E-state index contributed by atoms with van der Waals surface area (Å²) in [6, 6.07) is 0. The Balaban J connectivity index is 0. The van der Waals surface area contributed by atoms with Crippen molar-refractivity contribution in [2.45, 2.75) is 45.3 Å². The van der Waals surface area contributed by atoms with E-state index in [4.69, 9.17) is 20.4 Å². The van der Waals surface area contributed by atoms with Crippen molar-refractivity contribution in [3.05, 3.63) is 0 Å². The first-order chi connectivity index (χ1) is 6.86. The van der Waals surface area contributed by atoms with Gasteiger partial charge in [-0.2, -0.15) is 0 Å². The van der Waals surface area contributed by atoms with Crippen molar-refractivity contribution in [2.75, 3.05) is 0 Å². The summed E-state index contributed by atoms with van der Waals surface area (Å²) in [6.07, 6.45) is -1.53. The fourth-order valence-corrected chi connectivity index (χ4v) is 0.602. The summed E-state index contributed by atoms with van der Waals surface area (Å²) in [4.78, 5) is 19.5. The highest BCUT2D eigenvalue weighted by Crippen LogP contribution is 1.96. The van der Waals surface area contributed by atoms with Gasteiger partial charge in [-0.15, -0.1) is 0 Å². The van der Waals surface area contributed by atoms with Crippen LogP contribution in [0.2, 0.25) is 0 Å². The normalized spacial score (nSPS) is 13.3. The van der Waals surface area contributed by atoms with Crippen LogP contribution in [0, 0.1) is 0 Å². The van der Waals surface area contributed by atoms with Crippen LogP contribution < -0.4 is 0 Å². The number of hydrogen-bond acceptors (Lipinski definition) is 4. The lowest BCUT2D eigenvalue weighted by atomic mass is 10.2. The van der Waals surface area contributed by atoms with E-state index in [-0.39, 0.29) is 6.42 Å². The molecule has 0 rings (SSSR count). The minimum Gasteiger partial charge on any atom is -0.481 e. The molecule has 6 heteroatoms. The Hall–Kier alpha value is -1.14. The highest BCUT2D eigenvalue weighted by molar-refractivity contribution is 5.72. The Labute approximate surface area is 88.2 Å². The minimum atomic E-state index is -1.64. The van der Waals surface area contributed by atoms with E-state index in [9.17, 15) is 9.59 Å². The van der Waals surface area contributed by atoms with Gasteiger partial charge in [-0.3, -0.25) is 4.79 Å². The van der Waals surface area contributed by atoms with Gasteiger partial charge in [0.15, 0.2) is 6.10 Å². The molecule has 0 aromatic heterocycles. The third kappa shape index (κ3) is 10.8. The van der Waals surface area contributed by atoms with Crippen LogP contribution in [0.25, 0.3) is 0 Å². The number of aliphatic hydroxyl groups excluding tert-OH is 2. The molecule has 2 atom stereocenters. The van der Waals surface area contributed by atoms with Gasteiger partial charge in [0.2, 0.25) is 0 Å². The third-order valence-electron chi connectivity index (χ3n) is 1.50. The van der Waals surface area contributed by atoms with Crippen molar-refractivity contribution in [3.63, 3.8) is 0 Å². The highest BCUT2D eigenvalue weighted by atomic mass is 16.4. The van der Waals surface area contributed by atoms with Gasteiger partial charge >= 0.3 is 11.9 Å². The van der Waals surface area contributed by atoms with E-state index in [0.717, 1.165) is 6.42 Å². The standard InChI is InChI=1S/C5H10O4.C4H8O2/c1-2-3(6)4(7)5(8)9;1-2-3-4(5)6/h3-4,6-7H,2H2,1H3,(H,8,9);2-3H2,1H3,(H,5,6). The molecule has 90 valence electrons.